The summed E-state index contributed by atoms with van der Waals surface area (Å²) in [5, 5.41) is 11.5. The number of aromatic nitrogens is 3. The maximum atomic E-state index is 12.0. The monoisotopic (exact) mass is 330 g/mol. The normalized spacial score (nSPS) is 17.7. The van der Waals surface area contributed by atoms with Crippen molar-refractivity contribution in [2.24, 2.45) is 7.05 Å². The Morgan fingerprint density at radius 3 is 2.42 bits per heavy atom. The first kappa shape index (κ1) is 14.3. The number of halogens is 1. The fourth-order valence-corrected chi connectivity index (χ4v) is 2.81. The molecular formula is C12H19BrN4O2. The van der Waals surface area contributed by atoms with Crippen LogP contribution in [0.2, 0.25) is 0 Å². The van der Waals surface area contributed by atoms with E-state index in [2.05, 4.69) is 31.4 Å². The Morgan fingerprint density at radius 2 is 2.05 bits per heavy atom. The van der Waals surface area contributed by atoms with Crippen molar-refractivity contribution in [3.8, 4) is 0 Å². The van der Waals surface area contributed by atoms with Crippen LogP contribution in [0.1, 0.15) is 45.7 Å². The number of carbonyl (C=O) groups is 1. The molecule has 0 saturated heterocycles. The van der Waals surface area contributed by atoms with Gasteiger partial charge in [0.1, 0.15) is 11.3 Å². The van der Waals surface area contributed by atoms with E-state index >= 15 is 0 Å². The summed E-state index contributed by atoms with van der Waals surface area (Å²) < 4.78 is 5.99. The van der Waals surface area contributed by atoms with Crippen molar-refractivity contribution in [2.45, 2.75) is 51.2 Å². The Labute approximate surface area is 121 Å². The summed E-state index contributed by atoms with van der Waals surface area (Å²) in [6, 6.07) is 0. The molecule has 0 spiro atoms. The van der Waals surface area contributed by atoms with E-state index in [9.17, 15) is 4.79 Å². The van der Waals surface area contributed by atoms with Gasteiger partial charge in [-0.1, -0.05) is 0 Å². The summed E-state index contributed by atoms with van der Waals surface area (Å²) in [6.45, 7) is 5.54. The molecule has 0 aromatic carbocycles. The summed E-state index contributed by atoms with van der Waals surface area (Å²) >= 11 is 3.39. The number of aryl methyl sites for hydroxylation is 1. The molecule has 19 heavy (non-hydrogen) atoms. The van der Waals surface area contributed by atoms with Crippen LogP contribution in [0.3, 0.4) is 0 Å². The SMILES string of the molecule is Cn1nc(Br)c(C2(NC(=O)OC(C)(C)C)CCC2)n1. The molecular weight excluding hydrogens is 312 g/mol. The van der Waals surface area contributed by atoms with Crippen LogP contribution >= 0.6 is 15.9 Å². The van der Waals surface area contributed by atoms with E-state index in [1.54, 1.807) is 7.05 Å². The molecule has 1 amide bonds. The Bertz CT molecular complexity index is 488. The summed E-state index contributed by atoms with van der Waals surface area (Å²) in [5.41, 5.74) is -0.184. The molecule has 1 saturated carbocycles. The van der Waals surface area contributed by atoms with Crippen LogP contribution in [-0.2, 0) is 17.3 Å². The van der Waals surface area contributed by atoms with Crippen LogP contribution in [0.15, 0.2) is 4.60 Å². The van der Waals surface area contributed by atoms with Crippen LogP contribution in [0.25, 0.3) is 0 Å². The number of ether oxygens (including phenoxy) is 1. The Balaban J connectivity index is 2.16. The van der Waals surface area contributed by atoms with Gasteiger partial charge < -0.3 is 10.1 Å². The van der Waals surface area contributed by atoms with E-state index in [0.29, 0.717) is 4.60 Å². The predicted molar refractivity (Wildman–Crippen MR) is 73.6 cm³/mol. The smallest absolute Gasteiger partial charge is 0.408 e. The van der Waals surface area contributed by atoms with Gasteiger partial charge in [-0.05, 0) is 56.0 Å². The molecule has 0 atom stereocenters. The van der Waals surface area contributed by atoms with Crippen molar-refractivity contribution in [1.29, 1.82) is 0 Å². The van der Waals surface area contributed by atoms with Gasteiger partial charge in [0, 0.05) is 7.05 Å². The number of hydrogen-bond donors (Lipinski definition) is 1. The van der Waals surface area contributed by atoms with Crippen LogP contribution in [0.5, 0.6) is 0 Å². The summed E-state index contributed by atoms with van der Waals surface area (Å²) in [6.07, 6.45) is 2.34. The molecule has 1 aromatic rings. The largest absolute Gasteiger partial charge is 0.444 e. The average Bonchev–Trinajstić information content (AvgIpc) is 2.49. The minimum atomic E-state index is -0.505. The zero-order chi connectivity index (χ0) is 14.3. The lowest BCUT2D eigenvalue weighted by atomic mass is 9.74. The highest BCUT2D eigenvalue weighted by molar-refractivity contribution is 9.10. The molecule has 0 bridgehead atoms. The van der Waals surface area contributed by atoms with E-state index in [-0.39, 0.29) is 0 Å². The zero-order valence-corrected chi connectivity index (χ0v) is 13.2. The Kier molecular flexibility index (Phi) is 3.59. The molecule has 1 N–H and O–H groups in total. The molecule has 2 rings (SSSR count). The molecule has 0 unspecified atom stereocenters. The zero-order valence-electron chi connectivity index (χ0n) is 11.7. The maximum absolute atomic E-state index is 12.0. The minimum Gasteiger partial charge on any atom is -0.444 e. The lowest BCUT2D eigenvalue weighted by Crippen LogP contribution is -2.52. The second kappa shape index (κ2) is 4.77. The molecule has 0 radical (unpaired) electrons. The number of hydrogen-bond acceptors (Lipinski definition) is 4. The van der Waals surface area contributed by atoms with E-state index in [4.69, 9.17) is 4.74 Å². The van der Waals surface area contributed by atoms with Crippen molar-refractivity contribution in [3.63, 3.8) is 0 Å². The number of nitrogens with zero attached hydrogens (tertiary/aromatic N) is 3. The van der Waals surface area contributed by atoms with Crippen LogP contribution in [-0.4, -0.2) is 26.7 Å². The number of rotatable bonds is 2. The predicted octanol–water partition coefficient (Wildman–Crippen LogP) is 2.48. The molecule has 1 aromatic heterocycles. The van der Waals surface area contributed by atoms with Crippen LogP contribution in [0.4, 0.5) is 4.79 Å². The number of alkyl carbamates (subject to hydrolysis) is 1. The van der Waals surface area contributed by atoms with Crippen LogP contribution in [0, 0.1) is 0 Å². The first-order valence-electron chi connectivity index (χ1n) is 6.30. The van der Waals surface area contributed by atoms with Crippen molar-refractivity contribution < 1.29 is 9.53 Å². The number of amides is 1. The maximum Gasteiger partial charge on any atom is 0.408 e. The van der Waals surface area contributed by atoms with Gasteiger partial charge in [0.2, 0.25) is 0 Å². The molecule has 1 aliphatic carbocycles. The van der Waals surface area contributed by atoms with E-state index in [0.717, 1.165) is 25.0 Å². The number of carbonyl (C=O) groups excluding carboxylic acids is 1. The standard InChI is InChI=1S/C12H19BrN4O2/c1-11(2,3)19-10(18)14-12(6-5-7-12)8-9(13)16-17(4)15-8/h5-7H2,1-4H3,(H,14,18). The minimum absolute atomic E-state index is 0.412. The Morgan fingerprint density at radius 1 is 1.42 bits per heavy atom. The second-order valence-corrected chi connectivity index (χ2v) is 6.64. The first-order valence-corrected chi connectivity index (χ1v) is 7.10. The van der Waals surface area contributed by atoms with Gasteiger partial charge >= 0.3 is 6.09 Å². The van der Waals surface area contributed by atoms with Crippen molar-refractivity contribution >= 4 is 22.0 Å². The van der Waals surface area contributed by atoms with Gasteiger partial charge in [0.25, 0.3) is 0 Å². The third-order valence-corrected chi connectivity index (χ3v) is 3.61. The highest BCUT2D eigenvalue weighted by atomic mass is 79.9. The third kappa shape index (κ3) is 3.08. The summed E-state index contributed by atoms with van der Waals surface area (Å²) in [7, 11) is 1.76. The fraction of sp³-hybridized carbons (Fsp3) is 0.750. The Hall–Kier alpha value is -1.11. The molecule has 1 heterocycles. The van der Waals surface area contributed by atoms with Crippen LogP contribution < -0.4 is 5.32 Å². The van der Waals surface area contributed by atoms with E-state index in [1.807, 2.05) is 20.8 Å². The summed E-state index contributed by atoms with van der Waals surface area (Å²) in [5.74, 6) is 0. The van der Waals surface area contributed by atoms with Gasteiger partial charge in [0.15, 0.2) is 4.60 Å². The van der Waals surface area contributed by atoms with E-state index in [1.165, 1.54) is 4.80 Å². The molecule has 6 nitrogen and oxygen atoms in total. The highest BCUT2D eigenvalue weighted by Crippen LogP contribution is 2.42. The van der Waals surface area contributed by atoms with Gasteiger partial charge in [0.05, 0.1) is 5.54 Å². The third-order valence-electron chi connectivity index (χ3n) is 3.07. The quantitative estimate of drug-likeness (QED) is 0.904. The topological polar surface area (TPSA) is 69.0 Å². The lowest BCUT2D eigenvalue weighted by molar-refractivity contribution is 0.0370. The van der Waals surface area contributed by atoms with Gasteiger partial charge in [-0.2, -0.15) is 9.90 Å². The van der Waals surface area contributed by atoms with Gasteiger partial charge in [-0.25, -0.2) is 4.79 Å². The molecule has 106 valence electrons. The van der Waals surface area contributed by atoms with Gasteiger partial charge in [-0.15, -0.1) is 5.10 Å². The van der Waals surface area contributed by atoms with Crippen molar-refractivity contribution in [2.75, 3.05) is 0 Å². The lowest BCUT2D eigenvalue weighted by Gasteiger charge is -2.41. The second-order valence-electron chi connectivity index (χ2n) is 5.89. The highest BCUT2D eigenvalue weighted by Gasteiger charge is 2.45. The van der Waals surface area contributed by atoms with Crippen molar-refractivity contribution in [3.05, 3.63) is 10.3 Å². The van der Waals surface area contributed by atoms with Gasteiger partial charge in [-0.3, -0.25) is 0 Å². The molecule has 1 fully saturated rings. The van der Waals surface area contributed by atoms with E-state index < -0.39 is 17.2 Å². The summed E-state index contributed by atoms with van der Waals surface area (Å²) in [4.78, 5) is 13.5. The average molecular weight is 331 g/mol. The fourth-order valence-electron chi connectivity index (χ4n) is 2.13. The first-order chi connectivity index (χ1) is 8.72. The molecule has 1 aliphatic rings. The molecule has 0 aliphatic heterocycles. The number of nitrogens with one attached hydrogen (secondary N) is 1. The van der Waals surface area contributed by atoms with Crippen molar-refractivity contribution in [1.82, 2.24) is 20.3 Å². The molecule has 7 heteroatoms.